The molecule has 0 atom stereocenters. The first kappa shape index (κ1) is 21.6. The summed E-state index contributed by atoms with van der Waals surface area (Å²) in [6.07, 6.45) is 3.03. The molecule has 1 nitrogen and oxygen atoms in total. The molecule has 1 heterocycles. The average molecular weight is 415 g/mol. The van der Waals surface area contributed by atoms with Gasteiger partial charge in [0.2, 0.25) is 0 Å². The molecular weight excluding hydrogens is 385 g/mol. The molecule has 1 aliphatic heterocycles. The van der Waals surface area contributed by atoms with Gasteiger partial charge in [-0.2, -0.15) is 21.9 Å². The highest BCUT2D eigenvalue weighted by molar-refractivity contribution is 7.19. The van der Waals surface area contributed by atoms with Crippen LogP contribution in [0.2, 0.25) is 0 Å². The summed E-state index contributed by atoms with van der Waals surface area (Å²) in [6, 6.07) is 43.5. The molecule has 4 aromatic rings. The Morgan fingerprint density at radius 3 is 0.844 bits per heavy atom. The maximum absolute atomic E-state index is 2.26. The van der Waals surface area contributed by atoms with Crippen molar-refractivity contribution in [1.82, 2.24) is 0 Å². The number of hydrogen-bond acceptors (Lipinski definition) is 0. The predicted octanol–water partition coefficient (Wildman–Crippen LogP) is 3.44. The van der Waals surface area contributed by atoms with E-state index >= 15 is 0 Å². The van der Waals surface area contributed by atoms with Crippen LogP contribution >= 0.6 is 0 Å². The molecule has 0 amide bonds. The van der Waals surface area contributed by atoms with Crippen molar-refractivity contribution < 1.29 is 5.32 Å². The Morgan fingerprint density at radius 2 is 0.656 bits per heavy atom. The Kier molecular flexibility index (Phi) is 6.84. The van der Waals surface area contributed by atoms with Gasteiger partial charge in [0.25, 0.3) is 0 Å². The molecule has 0 unspecified atom stereocenters. The van der Waals surface area contributed by atoms with Gasteiger partial charge in [-0.1, -0.05) is 121 Å². The highest BCUT2D eigenvalue weighted by Gasteiger charge is 2.30. The number of benzene rings is 4. The van der Waals surface area contributed by atoms with Crippen LogP contribution in [0.1, 0.15) is 13.8 Å². The third-order valence-electron chi connectivity index (χ3n) is 6.26. The Hall–Kier alpha value is -3.62. The van der Waals surface area contributed by atoms with Crippen LogP contribution in [0.15, 0.2) is 145 Å². The van der Waals surface area contributed by atoms with Crippen LogP contribution in [0.25, 0.3) is 0 Å². The number of hydrogen-bond donors (Lipinski definition) is 1. The van der Waals surface area contributed by atoms with Crippen LogP contribution < -0.4 is 27.2 Å². The monoisotopic (exact) mass is 415 g/mol. The molecular formula is C30H30BN. The molecule has 0 aliphatic carbocycles. The average Bonchev–Trinajstić information content (AvgIpc) is 3.25. The molecule has 0 spiro atoms. The van der Waals surface area contributed by atoms with E-state index in [4.69, 9.17) is 0 Å². The Balaban J connectivity index is 0.000000300. The minimum absolute atomic E-state index is 1.22. The van der Waals surface area contributed by atoms with Gasteiger partial charge in [-0.05, 0) is 0 Å². The number of rotatable bonds is 4. The van der Waals surface area contributed by atoms with Crippen molar-refractivity contribution in [1.29, 1.82) is 0 Å². The van der Waals surface area contributed by atoms with Gasteiger partial charge in [0, 0.05) is 26.0 Å². The molecule has 1 aliphatic rings. The van der Waals surface area contributed by atoms with E-state index < -0.39 is 6.15 Å². The van der Waals surface area contributed by atoms with Crippen LogP contribution in [0.3, 0.4) is 0 Å². The van der Waals surface area contributed by atoms with E-state index in [-0.39, 0.29) is 0 Å². The smallest absolute Gasteiger partial charge is 0.108 e. The zero-order chi connectivity index (χ0) is 22.2. The lowest BCUT2D eigenvalue weighted by molar-refractivity contribution is -0.549. The van der Waals surface area contributed by atoms with Gasteiger partial charge in [-0.25, -0.2) is 0 Å². The second-order valence-corrected chi connectivity index (χ2v) is 8.47. The molecule has 5 rings (SSSR count). The normalized spacial score (nSPS) is 12.9. The summed E-state index contributed by atoms with van der Waals surface area (Å²) in [7, 11) is 0. The minimum atomic E-state index is -1.22. The van der Waals surface area contributed by atoms with Gasteiger partial charge in [-0.15, -0.1) is 0 Å². The molecule has 4 aromatic carbocycles. The summed E-state index contributed by atoms with van der Waals surface area (Å²) in [5.41, 5.74) is 8.07. The molecule has 0 saturated carbocycles. The Morgan fingerprint density at radius 1 is 0.406 bits per heavy atom. The Bertz CT molecular complexity index is 1000. The van der Waals surface area contributed by atoms with Crippen LogP contribution in [0.4, 0.5) is 0 Å². The van der Waals surface area contributed by atoms with Crippen molar-refractivity contribution in [2.45, 2.75) is 13.8 Å². The number of nitrogens with two attached hydrogens (primary N) is 1. The van der Waals surface area contributed by atoms with Crippen LogP contribution in [0, 0.1) is 0 Å². The van der Waals surface area contributed by atoms with Gasteiger partial charge in [0.05, 0.1) is 0 Å². The van der Waals surface area contributed by atoms with Crippen molar-refractivity contribution in [2.24, 2.45) is 0 Å². The van der Waals surface area contributed by atoms with Crippen molar-refractivity contribution in [3.63, 3.8) is 0 Å². The lowest BCUT2D eigenvalue weighted by atomic mass is 9.13. The maximum Gasteiger partial charge on any atom is 0.108 e. The molecule has 0 aromatic heterocycles. The van der Waals surface area contributed by atoms with Gasteiger partial charge in [-0.3, -0.25) is 5.32 Å². The van der Waals surface area contributed by atoms with Crippen molar-refractivity contribution in [3.05, 3.63) is 145 Å². The Labute approximate surface area is 192 Å². The van der Waals surface area contributed by atoms with Gasteiger partial charge in [0.1, 0.15) is 17.5 Å². The minimum Gasteiger partial charge on any atom is -0.289 e. The SMILES string of the molecule is CC1=CC=C(C)[NH2+]1.c1ccc([B-](c2ccccc2)(c2ccccc2)c2ccccc2)cc1. The second-order valence-electron chi connectivity index (χ2n) is 8.47. The molecule has 0 bridgehead atoms. The van der Waals surface area contributed by atoms with E-state index in [0.717, 1.165) is 0 Å². The summed E-state index contributed by atoms with van der Waals surface area (Å²) in [5.74, 6) is 0. The van der Waals surface area contributed by atoms with Crippen LogP contribution in [-0.2, 0) is 0 Å². The van der Waals surface area contributed by atoms with Gasteiger partial charge >= 0.3 is 0 Å². The van der Waals surface area contributed by atoms with Crippen LogP contribution in [-0.4, -0.2) is 6.15 Å². The van der Waals surface area contributed by atoms with Gasteiger partial charge in [0.15, 0.2) is 0 Å². The summed E-state index contributed by atoms with van der Waals surface area (Å²) in [5, 5.41) is 2.17. The quantitative estimate of drug-likeness (QED) is 0.492. The third-order valence-corrected chi connectivity index (χ3v) is 6.26. The first-order valence-electron chi connectivity index (χ1n) is 11.3. The van der Waals surface area contributed by atoms with Crippen LogP contribution in [0.5, 0.6) is 0 Å². The largest absolute Gasteiger partial charge is 0.289 e. The molecule has 2 heteroatoms. The molecule has 32 heavy (non-hydrogen) atoms. The van der Waals surface area contributed by atoms with E-state index in [1.54, 1.807) is 0 Å². The molecule has 0 saturated heterocycles. The summed E-state index contributed by atoms with van der Waals surface area (Å²) in [6.45, 7) is 4.21. The number of quaternary nitrogens is 1. The molecule has 0 radical (unpaired) electrons. The molecule has 2 N–H and O–H groups in total. The fraction of sp³-hybridized carbons (Fsp3) is 0.0667. The first-order chi connectivity index (χ1) is 15.7. The van der Waals surface area contributed by atoms with E-state index in [0.29, 0.717) is 0 Å². The third kappa shape index (κ3) is 4.51. The second kappa shape index (κ2) is 10.1. The highest BCUT2D eigenvalue weighted by Crippen LogP contribution is 2.09. The van der Waals surface area contributed by atoms with Crippen molar-refractivity contribution in [3.8, 4) is 0 Å². The first-order valence-corrected chi connectivity index (χ1v) is 11.3. The molecule has 0 fully saturated rings. The van der Waals surface area contributed by atoms with E-state index in [1.165, 1.54) is 33.2 Å². The zero-order valence-corrected chi connectivity index (χ0v) is 18.9. The lowest BCUT2D eigenvalue weighted by Gasteiger charge is -2.44. The standard InChI is InChI=1S/C24H20B.C6H9N/c1-5-13-21(14-6-1)25(22-15-7-2-8-16-22,23-17-9-3-10-18-23)24-19-11-4-12-20-24;1-5-3-4-6(2)7-5/h1-20H;3-4,7H,1-2H3/q-1;/p+1. The summed E-state index contributed by atoms with van der Waals surface area (Å²) >= 11 is 0. The highest BCUT2D eigenvalue weighted by atomic mass is 14.9. The van der Waals surface area contributed by atoms with Gasteiger partial charge < -0.3 is 0 Å². The molecule has 158 valence electrons. The van der Waals surface area contributed by atoms with Crippen molar-refractivity contribution >= 4 is 28.0 Å². The van der Waals surface area contributed by atoms with E-state index in [1.807, 2.05) is 0 Å². The fourth-order valence-electron chi connectivity index (χ4n) is 4.84. The van der Waals surface area contributed by atoms with E-state index in [9.17, 15) is 0 Å². The van der Waals surface area contributed by atoms with Crippen molar-refractivity contribution in [2.75, 3.05) is 0 Å². The fourth-order valence-corrected chi connectivity index (χ4v) is 4.84. The summed E-state index contributed by atoms with van der Waals surface area (Å²) < 4.78 is 0. The topological polar surface area (TPSA) is 16.6 Å². The number of allylic oxidation sites excluding steroid dienone is 4. The predicted molar refractivity (Wildman–Crippen MR) is 139 cm³/mol. The zero-order valence-electron chi connectivity index (χ0n) is 18.9. The van der Waals surface area contributed by atoms with E-state index in [2.05, 4.69) is 153 Å². The summed E-state index contributed by atoms with van der Waals surface area (Å²) in [4.78, 5) is 0. The lowest BCUT2D eigenvalue weighted by Crippen LogP contribution is -2.77. The maximum atomic E-state index is 2.26.